The molecule has 18 nitrogen and oxygen atoms in total. The van der Waals surface area contributed by atoms with Crippen LogP contribution in [-0.2, 0) is 16.8 Å². The minimum Gasteiger partial charge on any atom is -0.329 e. The third-order valence-corrected chi connectivity index (χ3v) is 0.520. The quantitative estimate of drug-likeness (QED) is 0.189. The maximum Gasteiger partial charge on any atom is 3.00 e. The molecule has 0 saturated carbocycles. The molecule has 0 bridgehead atoms. The van der Waals surface area contributed by atoms with Gasteiger partial charge in [-0.3, -0.25) is 0 Å². The van der Waals surface area contributed by atoms with E-state index in [0.29, 0.717) is 13.1 Å². The zero-order chi connectivity index (χ0) is 22.1. The van der Waals surface area contributed by atoms with Crippen molar-refractivity contribution in [3.05, 3.63) is 0 Å². The van der Waals surface area contributed by atoms with E-state index in [0.717, 1.165) is 0 Å². The topological polar surface area (TPSA) is 433 Å². The fourth-order valence-corrected chi connectivity index (χ4v) is 0. The van der Waals surface area contributed by atoms with E-state index in [1.54, 1.807) is 0 Å². The van der Waals surface area contributed by atoms with Crippen molar-refractivity contribution in [3.63, 3.8) is 0 Å². The van der Waals surface area contributed by atoms with Crippen molar-refractivity contribution in [1.82, 2.24) is 0 Å². The van der Waals surface area contributed by atoms with E-state index >= 15 is 0 Å². The van der Waals surface area contributed by atoms with E-state index in [4.69, 9.17) is 90.3 Å². The molecule has 22 heteroatoms. The van der Waals surface area contributed by atoms with Crippen LogP contribution in [0.5, 0.6) is 0 Å². The Kier molecular flexibility index (Phi) is 32.3. The van der Waals surface area contributed by atoms with Crippen molar-refractivity contribution in [3.8, 4) is 0 Å². The molecule has 0 heterocycles. The van der Waals surface area contributed by atoms with Gasteiger partial charge < -0.3 is 34.4 Å². The first kappa shape index (κ1) is 41.1. The van der Waals surface area contributed by atoms with Crippen LogP contribution in [0, 0.1) is 30.7 Å². The van der Waals surface area contributed by atoms with Crippen molar-refractivity contribution in [2.75, 3.05) is 19.6 Å². The van der Waals surface area contributed by atoms with Crippen LogP contribution < -0.4 is 90.3 Å². The summed E-state index contributed by atoms with van der Waals surface area (Å²) in [5.74, 6) is -1.18. The van der Waals surface area contributed by atoms with Gasteiger partial charge in [-0.25, -0.2) is 55.9 Å². The van der Waals surface area contributed by atoms with Crippen LogP contribution in [-0.4, -0.2) is 25.4 Å². The summed E-state index contributed by atoms with van der Waals surface area (Å²) >= 11 is 0. The normalized spacial score (nSPS) is 10.8. The predicted octanol–water partition coefficient (Wildman–Crippen LogP) is -17.9. The molecule has 0 rings (SSSR count). The maximum absolute atomic E-state index is 8.49. The van der Waals surface area contributed by atoms with E-state index in [2.05, 4.69) is 0 Å². The summed E-state index contributed by atoms with van der Waals surface area (Å²) in [7, 11) is -14.8. The molecule has 0 atom stereocenters. The first-order valence-corrected chi connectivity index (χ1v) is 8.50. The van der Waals surface area contributed by atoms with Gasteiger partial charge in [-0.15, -0.1) is 30.7 Å². The Labute approximate surface area is 163 Å². The van der Waals surface area contributed by atoms with Crippen LogP contribution in [0.1, 0.15) is 0 Å². The summed E-state index contributed by atoms with van der Waals surface area (Å²) < 4.78 is 102. The average Bonchev–Trinajstić information content (AvgIpc) is 2.21. The molecule has 0 spiro atoms. The Morgan fingerprint density at radius 3 is 0.577 bits per heavy atom. The minimum absolute atomic E-state index is 0. The van der Waals surface area contributed by atoms with Gasteiger partial charge >= 0.3 is 16.8 Å². The SMILES string of the molecule is NCC(N)(N)N.NCCN.[Co+3].[O-][Cl+3]([O-])([O-])[O-].[O-][Cl+3]([O-])([O-])[O-].[O-][Cl+3]([O-])([O-])[O-]. The van der Waals surface area contributed by atoms with E-state index in [-0.39, 0.29) is 23.3 Å². The molecule has 0 saturated heterocycles. The third kappa shape index (κ3) is 636. The molecular weight excluding hydrogens is 489 g/mol. The zero-order valence-electron chi connectivity index (χ0n) is 12.5. The van der Waals surface area contributed by atoms with Gasteiger partial charge in [0.2, 0.25) is 0 Å². The molecule has 0 amide bonds. The number of hydrogen-bond acceptors (Lipinski definition) is 18. The van der Waals surface area contributed by atoms with Gasteiger partial charge in [-0.2, -0.15) is 0 Å². The second kappa shape index (κ2) is 20.4. The largest absolute Gasteiger partial charge is 3.00 e. The summed E-state index contributed by atoms with van der Waals surface area (Å²) in [5, 5.41) is 0. The molecule has 0 radical (unpaired) electrons. The first-order valence-electron chi connectivity index (χ1n) is 4.80. The number of rotatable bonds is 2. The average molecular weight is 508 g/mol. The first-order chi connectivity index (χ1) is 10.5. The van der Waals surface area contributed by atoms with Crippen molar-refractivity contribution in [1.29, 1.82) is 0 Å². The summed E-state index contributed by atoms with van der Waals surface area (Å²) in [4.78, 5) is 0. The molecule has 166 valence electrons. The smallest absolute Gasteiger partial charge is 0.329 e. The van der Waals surface area contributed by atoms with E-state index in [1.165, 1.54) is 0 Å². The molecular formula is C4H18Cl3CoN6O12. The number of nitrogens with two attached hydrogens (primary N) is 6. The second-order valence-electron chi connectivity index (χ2n) is 3.03. The van der Waals surface area contributed by atoms with Crippen LogP contribution in [0.2, 0.25) is 0 Å². The van der Waals surface area contributed by atoms with Crippen LogP contribution >= 0.6 is 0 Å². The molecule has 0 unspecified atom stereocenters. The summed E-state index contributed by atoms with van der Waals surface area (Å²) in [5.41, 5.74) is 29.6. The molecule has 0 aromatic heterocycles. The van der Waals surface area contributed by atoms with Gasteiger partial charge in [0.25, 0.3) is 0 Å². The van der Waals surface area contributed by atoms with Crippen LogP contribution in [0.25, 0.3) is 0 Å². The Hall–Kier alpha value is 0.656. The van der Waals surface area contributed by atoms with E-state index in [9.17, 15) is 0 Å². The van der Waals surface area contributed by atoms with E-state index < -0.39 is 36.5 Å². The Balaban J connectivity index is -0.0000000479. The van der Waals surface area contributed by atoms with Crippen LogP contribution in [0.3, 0.4) is 0 Å². The van der Waals surface area contributed by atoms with Crippen molar-refractivity contribution in [2.24, 2.45) is 34.4 Å². The van der Waals surface area contributed by atoms with Gasteiger partial charge in [0.15, 0.2) is 0 Å². The van der Waals surface area contributed by atoms with E-state index in [1.807, 2.05) is 0 Å². The van der Waals surface area contributed by atoms with Crippen molar-refractivity contribution in [2.45, 2.75) is 5.79 Å². The summed E-state index contributed by atoms with van der Waals surface area (Å²) in [6.07, 6.45) is 0. The second-order valence-corrected chi connectivity index (χ2v) is 5.30. The molecule has 0 aliphatic carbocycles. The Bertz CT molecular complexity index is 221. The summed E-state index contributed by atoms with van der Waals surface area (Å²) in [6, 6.07) is 0. The Morgan fingerprint density at radius 2 is 0.577 bits per heavy atom. The Morgan fingerprint density at radius 1 is 0.500 bits per heavy atom. The van der Waals surface area contributed by atoms with Gasteiger partial charge in [0.1, 0.15) is 5.79 Å². The van der Waals surface area contributed by atoms with Gasteiger partial charge in [-0.05, 0) is 0 Å². The molecule has 0 aliphatic rings. The van der Waals surface area contributed by atoms with Gasteiger partial charge in [0, 0.05) is 19.6 Å². The van der Waals surface area contributed by atoms with Gasteiger partial charge in [0.05, 0.1) is 0 Å². The monoisotopic (exact) mass is 506 g/mol. The fourth-order valence-electron chi connectivity index (χ4n) is 0. The molecule has 0 aliphatic heterocycles. The van der Waals surface area contributed by atoms with Crippen LogP contribution in [0.4, 0.5) is 0 Å². The number of halogens is 3. The molecule has 26 heavy (non-hydrogen) atoms. The summed E-state index contributed by atoms with van der Waals surface area (Å²) in [6.45, 7) is 1.30. The van der Waals surface area contributed by atoms with Crippen molar-refractivity contribution >= 4 is 0 Å². The van der Waals surface area contributed by atoms with Crippen LogP contribution in [0.15, 0.2) is 0 Å². The number of hydrogen-bond donors (Lipinski definition) is 6. The zero-order valence-corrected chi connectivity index (χ0v) is 15.8. The minimum atomic E-state index is -4.94. The standard InChI is InChI=1S/C2H10N4.C2H8N2.3ClHO4.Co/c3-1-2(4,5)6;3-1-2-4;3*2-1(3,4)5;/h1,3-6H2;1-4H2;3*(H,2,3,4,5);/q;;;;;+3/p-3. The molecule has 0 aromatic carbocycles. The predicted molar refractivity (Wildman–Crippen MR) is 42.5 cm³/mol. The maximum atomic E-state index is 8.49. The van der Waals surface area contributed by atoms with Gasteiger partial charge in [-0.1, -0.05) is 0 Å². The molecule has 12 N–H and O–H groups in total. The molecule has 0 fully saturated rings. The van der Waals surface area contributed by atoms with Crippen molar-refractivity contribution < 1.29 is 103 Å². The fraction of sp³-hybridized carbons (Fsp3) is 1.00. The third-order valence-electron chi connectivity index (χ3n) is 0.520. The molecule has 0 aromatic rings.